The highest BCUT2D eigenvalue weighted by Crippen LogP contribution is 2.23. The van der Waals surface area contributed by atoms with Crippen molar-refractivity contribution in [1.29, 1.82) is 0 Å². The molecular formula is C20H21N5. The van der Waals surface area contributed by atoms with Crippen molar-refractivity contribution in [2.24, 2.45) is 4.99 Å². The van der Waals surface area contributed by atoms with Gasteiger partial charge in [-0.15, -0.1) is 0 Å². The Morgan fingerprint density at radius 2 is 2.08 bits per heavy atom. The largest absolute Gasteiger partial charge is 0.354 e. The zero-order chi connectivity index (χ0) is 16.9. The summed E-state index contributed by atoms with van der Waals surface area (Å²) in [5, 5.41) is 0. The van der Waals surface area contributed by atoms with E-state index in [4.69, 9.17) is 0 Å². The number of aliphatic imine (C=N–C) groups is 1. The molecule has 5 nitrogen and oxygen atoms in total. The van der Waals surface area contributed by atoms with Crippen LogP contribution >= 0.6 is 0 Å². The van der Waals surface area contributed by atoms with Gasteiger partial charge >= 0.3 is 0 Å². The summed E-state index contributed by atoms with van der Waals surface area (Å²) >= 11 is 0. The predicted octanol–water partition coefficient (Wildman–Crippen LogP) is 2.27. The Bertz CT molecular complexity index is 824. The molecule has 0 radical (unpaired) electrons. The Labute approximate surface area is 148 Å². The number of hydrogen-bond donors (Lipinski definition) is 1. The maximum absolute atomic E-state index is 4.69. The van der Waals surface area contributed by atoms with Gasteiger partial charge in [-0.3, -0.25) is 4.90 Å². The molecule has 25 heavy (non-hydrogen) atoms. The topological polar surface area (TPSA) is 47.5 Å². The van der Waals surface area contributed by atoms with Gasteiger partial charge in [0.15, 0.2) is 5.82 Å². The standard InChI is InChI=1S/C20H21N5/c1-2-5-17(6-3-1)13-25-15-18-14-24(12-8-19(18)23-16-25)11-4-7-20-21-9-10-22-20/h1-3,5-6,9-10,16H,8,11-15H2,(H,21,22). The Morgan fingerprint density at radius 1 is 1.16 bits per heavy atom. The number of nitrogens with one attached hydrogen (secondary N) is 1. The van der Waals surface area contributed by atoms with E-state index in [1.54, 1.807) is 12.4 Å². The average molecular weight is 331 g/mol. The van der Waals surface area contributed by atoms with Crippen LogP contribution in [-0.2, 0) is 6.54 Å². The highest BCUT2D eigenvalue weighted by atomic mass is 15.2. The van der Waals surface area contributed by atoms with E-state index >= 15 is 0 Å². The minimum Gasteiger partial charge on any atom is -0.354 e. The molecule has 0 unspecified atom stereocenters. The molecule has 1 aromatic carbocycles. The summed E-state index contributed by atoms with van der Waals surface area (Å²) in [6.07, 6.45) is 6.53. The molecule has 2 aromatic rings. The van der Waals surface area contributed by atoms with Gasteiger partial charge in [-0.2, -0.15) is 0 Å². The van der Waals surface area contributed by atoms with Crippen molar-refractivity contribution in [1.82, 2.24) is 19.8 Å². The molecule has 0 saturated carbocycles. The molecule has 1 aromatic heterocycles. The average Bonchev–Trinajstić information content (AvgIpc) is 3.16. The first-order valence-electron chi connectivity index (χ1n) is 8.60. The van der Waals surface area contributed by atoms with E-state index < -0.39 is 0 Å². The van der Waals surface area contributed by atoms with Gasteiger partial charge in [-0.1, -0.05) is 36.3 Å². The van der Waals surface area contributed by atoms with Crippen molar-refractivity contribution in [2.45, 2.75) is 13.0 Å². The highest BCUT2D eigenvalue weighted by molar-refractivity contribution is 5.60. The van der Waals surface area contributed by atoms with Crippen LogP contribution in [0.1, 0.15) is 17.8 Å². The molecule has 2 aliphatic heterocycles. The summed E-state index contributed by atoms with van der Waals surface area (Å²) in [6, 6.07) is 10.5. The first-order chi connectivity index (χ1) is 12.4. The second-order valence-corrected chi connectivity index (χ2v) is 6.39. The van der Waals surface area contributed by atoms with E-state index in [0.717, 1.165) is 45.0 Å². The maximum Gasteiger partial charge on any atom is 0.182 e. The molecule has 5 heteroatoms. The van der Waals surface area contributed by atoms with E-state index in [-0.39, 0.29) is 0 Å². The summed E-state index contributed by atoms with van der Waals surface area (Å²) in [4.78, 5) is 16.5. The van der Waals surface area contributed by atoms with Crippen LogP contribution < -0.4 is 0 Å². The SMILES string of the molecule is C(#Cc1ncc[nH]1)CN1CCC2=C(CN(Cc3ccccc3)C=N2)C1. The monoisotopic (exact) mass is 331 g/mol. The van der Waals surface area contributed by atoms with Gasteiger partial charge in [0.05, 0.1) is 12.9 Å². The highest BCUT2D eigenvalue weighted by Gasteiger charge is 2.22. The number of hydrogen-bond acceptors (Lipinski definition) is 4. The third kappa shape index (κ3) is 3.98. The van der Waals surface area contributed by atoms with Gasteiger partial charge in [0.25, 0.3) is 0 Å². The molecule has 0 aliphatic carbocycles. The fourth-order valence-electron chi connectivity index (χ4n) is 3.23. The summed E-state index contributed by atoms with van der Waals surface area (Å²) in [7, 11) is 0. The fourth-order valence-corrected chi connectivity index (χ4v) is 3.23. The molecule has 2 aliphatic rings. The lowest BCUT2D eigenvalue weighted by molar-refractivity contribution is 0.300. The lowest BCUT2D eigenvalue weighted by atomic mass is 10.0. The predicted molar refractivity (Wildman–Crippen MR) is 98.9 cm³/mol. The Hall–Kier alpha value is -2.84. The van der Waals surface area contributed by atoms with E-state index in [2.05, 4.69) is 66.9 Å². The summed E-state index contributed by atoms with van der Waals surface area (Å²) in [5.74, 6) is 7.01. The fraction of sp³-hybridized carbons (Fsp3) is 0.300. The molecule has 0 atom stereocenters. The molecule has 126 valence electrons. The number of H-pyrrole nitrogens is 1. The van der Waals surface area contributed by atoms with E-state index in [9.17, 15) is 0 Å². The van der Waals surface area contributed by atoms with Crippen LogP contribution in [0.15, 0.2) is 59.0 Å². The van der Waals surface area contributed by atoms with Gasteiger partial charge in [0.1, 0.15) is 0 Å². The number of rotatable bonds is 3. The van der Waals surface area contributed by atoms with Gasteiger partial charge in [0.2, 0.25) is 0 Å². The van der Waals surface area contributed by atoms with Crippen LogP contribution in [-0.4, -0.2) is 52.3 Å². The first kappa shape index (κ1) is 15.7. The number of imidazole rings is 1. The molecule has 3 heterocycles. The van der Waals surface area contributed by atoms with Crippen LogP contribution in [0.5, 0.6) is 0 Å². The molecule has 0 bridgehead atoms. The Morgan fingerprint density at radius 3 is 2.92 bits per heavy atom. The number of nitrogens with zero attached hydrogens (tertiary/aromatic N) is 4. The van der Waals surface area contributed by atoms with E-state index in [1.807, 2.05) is 6.34 Å². The van der Waals surface area contributed by atoms with Gasteiger partial charge < -0.3 is 9.88 Å². The van der Waals surface area contributed by atoms with Gasteiger partial charge in [-0.25, -0.2) is 9.98 Å². The van der Waals surface area contributed by atoms with Crippen molar-refractivity contribution in [3.63, 3.8) is 0 Å². The lowest BCUT2D eigenvalue weighted by Crippen LogP contribution is -2.38. The Balaban J connectivity index is 1.35. The molecule has 1 N–H and O–H groups in total. The quantitative estimate of drug-likeness (QED) is 0.878. The van der Waals surface area contributed by atoms with Crippen LogP contribution in [0.3, 0.4) is 0 Å². The van der Waals surface area contributed by atoms with E-state index in [1.165, 1.54) is 16.8 Å². The summed E-state index contributed by atoms with van der Waals surface area (Å²) in [6.45, 7) is 4.58. The zero-order valence-electron chi connectivity index (χ0n) is 14.2. The number of aromatic amines is 1. The molecule has 0 amide bonds. The first-order valence-corrected chi connectivity index (χ1v) is 8.60. The smallest absolute Gasteiger partial charge is 0.182 e. The third-order valence-corrected chi connectivity index (χ3v) is 4.49. The second-order valence-electron chi connectivity index (χ2n) is 6.39. The van der Waals surface area contributed by atoms with Crippen LogP contribution in [0.25, 0.3) is 0 Å². The summed E-state index contributed by atoms with van der Waals surface area (Å²) < 4.78 is 0. The van der Waals surface area contributed by atoms with Gasteiger partial charge in [-0.05, 0) is 17.1 Å². The van der Waals surface area contributed by atoms with Crippen molar-refractivity contribution < 1.29 is 0 Å². The molecule has 0 fully saturated rings. The third-order valence-electron chi connectivity index (χ3n) is 4.49. The van der Waals surface area contributed by atoms with E-state index in [0.29, 0.717) is 0 Å². The van der Waals surface area contributed by atoms with Gasteiger partial charge in [0, 0.05) is 50.7 Å². The van der Waals surface area contributed by atoms with Crippen molar-refractivity contribution in [3.8, 4) is 11.8 Å². The minimum absolute atomic E-state index is 0.730. The maximum atomic E-state index is 4.69. The van der Waals surface area contributed by atoms with Crippen LogP contribution in [0.2, 0.25) is 0 Å². The van der Waals surface area contributed by atoms with Crippen LogP contribution in [0.4, 0.5) is 0 Å². The summed E-state index contributed by atoms with van der Waals surface area (Å²) in [5.41, 5.74) is 4.00. The lowest BCUT2D eigenvalue weighted by Gasteiger charge is -2.33. The number of aromatic nitrogens is 2. The molecular weight excluding hydrogens is 310 g/mol. The zero-order valence-corrected chi connectivity index (χ0v) is 14.2. The minimum atomic E-state index is 0.730. The van der Waals surface area contributed by atoms with Crippen molar-refractivity contribution in [3.05, 3.63) is 65.4 Å². The molecule has 4 rings (SSSR count). The molecule has 0 saturated heterocycles. The van der Waals surface area contributed by atoms with Crippen molar-refractivity contribution >= 4 is 6.34 Å². The normalized spacial score (nSPS) is 17.2. The second kappa shape index (κ2) is 7.37. The Kier molecular flexibility index (Phi) is 4.62. The number of benzene rings is 1. The van der Waals surface area contributed by atoms with Crippen LogP contribution in [0, 0.1) is 11.8 Å². The van der Waals surface area contributed by atoms with Crippen molar-refractivity contribution in [2.75, 3.05) is 26.2 Å². The molecule has 0 spiro atoms.